The van der Waals surface area contributed by atoms with Crippen LogP contribution in [0.5, 0.6) is 0 Å². The van der Waals surface area contributed by atoms with Crippen molar-refractivity contribution >= 4 is 72.9 Å². The van der Waals surface area contributed by atoms with Crippen molar-refractivity contribution in [1.29, 1.82) is 0 Å². The quantitative estimate of drug-likeness (QED) is 0.180. The first-order valence-electron chi connectivity index (χ1n) is 18.5. The van der Waals surface area contributed by atoms with Gasteiger partial charge in [0.1, 0.15) is 22.5 Å². The van der Waals surface area contributed by atoms with Crippen LogP contribution in [0.1, 0.15) is 11.3 Å². The summed E-state index contributed by atoms with van der Waals surface area (Å²) in [6, 6.07) is 62.7. The second-order valence-electron chi connectivity index (χ2n) is 14.0. The molecule has 2 aromatic heterocycles. The Hall–Kier alpha value is -7.10. The SMILES string of the molecule is C1=c2ccccc2=Cc2c(oc3cccc(-c4ccccc4N(c4cccc(-c5cccc6ccccc56)c4)c4ccc5oc6ccccc6c5c4)c23)C1. The lowest BCUT2D eigenvalue weighted by Gasteiger charge is -2.28. The highest BCUT2D eigenvalue weighted by atomic mass is 16.3. The maximum absolute atomic E-state index is 6.63. The van der Waals surface area contributed by atoms with E-state index in [4.69, 9.17) is 8.83 Å². The summed E-state index contributed by atoms with van der Waals surface area (Å²) in [4.78, 5) is 2.40. The third-order valence-corrected chi connectivity index (χ3v) is 10.9. The highest BCUT2D eigenvalue weighted by Crippen LogP contribution is 2.46. The standard InChI is InChI=1S/C51H33NO2/c1-2-14-35-31-45-49(28-26-33(35)12-1)54-50-25-11-22-43(51(45)50)41-19-5-7-23-46(41)52(38-27-29-48-44(32-38)42-20-6-8-24-47(42)53-48)37-17-9-16-36(30-37)40-21-10-15-34-13-3-4-18-39(34)40/h1-27,29-32H,28H2. The molecule has 8 aromatic carbocycles. The molecule has 54 heavy (non-hydrogen) atoms. The molecule has 0 saturated heterocycles. The Balaban J connectivity index is 1.16. The average molecular weight is 692 g/mol. The Morgan fingerprint density at radius 3 is 2.09 bits per heavy atom. The molecular weight excluding hydrogens is 659 g/mol. The minimum Gasteiger partial charge on any atom is -0.460 e. The summed E-state index contributed by atoms with van der Waals surface area (Å²) in [6.07, 6.45) is 5.31. The van der Waals surface area contributed by atoms with Gasteiger partial charge in [-0.25, -0.2) is 0 Å². The largest absolute Gasteiger partial charge is 0.460 e. The zero-order valence-electron chi connectivity index (χ0n) is 29.4. The van der Waals surface area contributed by atoms with Crippen LogP contribution in [-0.2, 0) is 6.42 Å². The number of furan rings is 2. The van der Waals surface area contributed by atoms with Crippen molar-refractivity contribution in [3.05, 3.63) is 198 Å². The molecule has 1 aliphatic rings. The number of para-hydroxylation sites is 2. The summed E-state index contributed by atoms with van der Waals surface area (Å²) in [7, 11) is 0. The zero-order valence-corrected chi connectivity index (χ0v) is 29.4. The minimum absolute atomic E-state index is 0.740. The van der Waals surface area contributed by atoms with Gasteiger partial charge in [0.25, 0.3) is 0 Å². The van der Waals surface area contributed by atoms with Gasteiger partial charge < -0.3 is 13.7 Å². The van der Waals surface area contributed by atoms with E-state index < -0.39 is 0 Å². The van der Waals surface area contributed by atoms with E-state index in [0.717, 1.165) is 84.4 Å². The number of benzene rings is 8. The molecule has 11 rings (SSSR count). The molecule has 3 heteroatoms. The molecule has 0 spiro atoms. The molecule has 0 bridgehead atoms. The lowest BCUT2D eigenvalue weighted by atomic mass is 9.95. The van der Waals surface area contributed by atoms with Gasteiger partial charge in [0.05, 0.1) is 5.69 Å². The normalized spacial score (nSPS) is 12.3. The van der Waals surface area contributed by atoms with Gasteiger partial charge in [-0.2, -0.15) is 0 Å². The first kappa shape index (κ1) is 30.5. The van der Waals surface area contributed by atoms with Crippen LogP contribution < -0.4 is 15.3 Å². The van der Waals surface area contributed by atoms with Crippen LogP contribution in [-0.4, -0.2) is 0 Å². The van der Waals surface area contributed by atoms with E-state index in [1.807, 2.05) is 12.1 Å². The lowest BCUT2D eigenvalue weighted by Crippen LogP contribution is -2.22. The Morgan fingerprint density at radius 2 is 1.13 bits per heavy atom. The predicted octanol–water partition coefficient (Wildman–Crippen LogP) is 12.5. The van der Waals surface area contributed by atoms with Crippen LogP contribution in [0.2, 0.25) is 0 Å². The monoisotopic (exact) mass is 691 g/mol. The predicted molar refractivity (Wildman–Crippen MR) is 224 cm³/mol. The average Bonchev–Trinajstić information content (AvgIpc) is 3.72. The van der Waals surface area contributed by atoms with Crippen molar-refractivity contribution in [3.8, 4) is 22.3 Å². The van der Waals surface area contributed by atoms with Crippen LogP contribution in [0, 0.1) is 0 Å². The highest BCUT2D eigenvalue weighted by molar-refractivity contribution is 6.08. The summed E-state index contributed by atoms with van der Waals surface area (Å²) >= 11 is 0. The fourth-order valence-corrected chi connectivity index (χ4v) is 8.40. The first-order valence-corrected chi connectivity index (χ1v) is 18.5. The van der Waals surface area contributed by atoms with Crippen molar-refractivity contribution in [2.45, 2.75) is 6.42 Å². The van der Waals surface area contributed by atoms with Crippen LogP contribution in [0.25, 0.3) is 78.1 Å². The molecule has 0 amide bonds. The van der Waals surface area contributed by atoms with E-state index in [2.05, 4.69) is 181 Å². The number of anilines is 3. The van der Waals surface area contributed by atoms with Gasteiger partial charge in [-0.1, -0.05) is 133 Å². The fraction of sp³-hybridized carbons (Fsp3) is 0.0196. The molecule has 0 aliphatic heterocycles. The van der Waals surface area contributed by atoms with Crippen LogP contribution in [0.4, 0.5) is 17.1 Å². The third kappa shape index (κ3) is 4.90. The van der Waals surface area contributed by atoms with E-state index in [1.54, 1.807) is 0 Å². The fourth-order valence-electron chi connectivity index (χ4n) is 8.40. The summed E-state index contributed by atoms with van der Waals surface area (Å²) in [5.41, 5.74) is 11.6. The molecule has 0 unspecified atom stereocenters. The summed E-state index contributed by atoms with van der Waals surface area (Å²) in [5, 5.41) is 8.21. The molecule has 1 aliphatic carbocycles. The topological polar surface area (TPSA) is 29.5 Å². The number of nitrogens with zero attached hydrogens (tertiary/aromatic N) is 1. The number of fused-ring (bicyclic) bond motifs is 8. The smallest absolute Gasteiger partial charge is 0.135 e. The molecule has 10 aromatic rings. The van der Waals surface area contributed by atoms with E-state index in [0.29, 0.717) is 0 Å². The zero-order chi connectivity index (χ0) is 35.6. The highest BCUT2D eigenvalue weighted by Gasteiger charge is 2.23. The summed E-state index contributed by atoms with van der Waals surface area (Å²) < 4.78 is 12.9. The molecule has 0 radical (unpaired) electrons. The van der Waals surface area contributed by atoms with Gasteiger partial charge in [0.15, 0.2) is 0 Å². The summed E-state index contributed by atoms with van der Waals surface area (Å²) in [6.45, 7) is 0. The van der Waals surface area contributed by atoms with Crippen molar-refractivity contribution < 1.29 is 8.83 Å². The van der Waals surface area contributed by atoms with Crippen molar-refractivity contribution in [2.75, 3.05) is 4.90 Å². The van der Waals surface area contributed by atoms with E-state index in [-0.39, 0.29) is 0 Å². The first-order chi connectivity index (χ1) is 26.8. The molecule has 3 nitrogen and oxygen atoms in total. The van der Waals surface area contributed by atoms with Crippen molar-refractivity contribution in [3.63, 3.8) is 0 Å². The molecule has 0 N–H and O–H groups in total. The van der Waals surface area contributed by atoms with Crippen LogP contribution in [0.15, 0.2) is 185 Å². The van der Waals surface area contributed by atoms with Gasteiger partial charge in [-0.15, -0.1) is 0 Å². The van der Waals surface area contributed by atoms with Crippen molar-refractivity contribution in [2.24, 2.45) is 0 Å². The minimum atomic E-state index is 0.740. The third-order valence-electron chi connectivity index (χ3n) is 10.9. The van der Waals surface area contributed by atoms with Gasteiger partial charge in [-0.05, 0) is 92.5 Å². The second-order valence-corrected chi connectivity index (χ2v) is 14.0. The Bertz CT molecular complexity index is 3210. The molecule has 254 valence electrons. The van der Waals surface area contributed by atoms with Gasteiger partial charge >= 0.3 is 0 Å². The Kier molecular flexibility index (Phi) is 6.93. The van der Waals surface area contributed by atoms with Crippen molar-refractivity contribution in [1.82, 2.24) is 0 Å². The number of hydrogen-bond donors (Lipinski definition) is 0. The van der Waals surface area contributed by atoms with Gasteiger partial charge in [0, 0.05) is 45.1 Å². The van der Waals surface area contributed by atoms with Crippen LogP contribution >= 0.6 is 0 Å². The van der Waals surface area contributed by atoms with E-state index in [9.17, 15) is 0 Å². The summed E-state index contributed by atoms with van der Waals surface area (Å²) in [5.74, 6) is 0.989. The maximum Gasteiger partial charge on any atom is 0.135 e. The molecular formula is C51H33NO2. The maximum atomic E-state index is 6.63. The van der Waals surface area contributed by atoms with Gasteiger partial charge in [0.2, 0.25) is 0 Å². The van der Waals surface area contributed by atoms with E-state index >= 15 is 0 Å². The van der Waals surface area contributed by atoms with E-state index in [1.165, 1.54) is 26.8 Å². The number of hydrogen-bond acceptors (Lipinski definition) is 3. The van der Waals surface area contributed by atoms with Crippen LogP contribution in [0.3, 0.4) is 0 Å². The van der Waals surface area contributed by atoms with Gasteiger partial charge in [-0.3, -0.25) is 0 Å². The Morgan fingerprint density at radius 1 is 0.444 bits per heavy atom. The molecule has 0 fully saturated rings. The Labute approximate surface area is 312 Å². The molecule has 2 heterocycles. The lowest BCUT2D eigenvalue weighted by molar-refractivity contribution is 0.568. The number of rotatable bonds is 5. The second kappa shape index (κ2) is 12.3. The molecule has 0 atom stereocenters. The molecule has 0 saturated carbocycles.